The Morgan fingerprint density at radius 1 is 1.35 bits per heavy atom. The van der Waals surface area contributed by atoms with E-state index < -0.39 is 0 Å². The maximum absolute atomic E-state index is 12.5. The van der Waals surface area contributed by atoms with Gasteiger partial charge in [0, 0.05) is 12.6 Å². The second kappa shape index (κ2) is 9.39. The summed E-state index contributed by atoms with van der Waals surface area (Å²) in [4.78, 5) is 14.6. The van der Waals surface area contributed by atoms with E-state index in [1.165, 1.54) is 5.57 Å². The van der Waals surface area contributed by atoms with Crippen molar-refractivity contribution >= 4 is 5.97 Å². The van der Waals surface area contributed by atoms with Crippen LogP contribution >= 0.6 is 0 Å². The van der Waals surface area contributed by atoms with Gasteiger partial charge in [-0.3, -0.25) is 0 Å². The summed E-state index contributed by atoms with van der Waals surface area (Å²) in [5.41, 5.74) is 10.0. The van der Waals surface area contributed by atoms with E-state index in [1.54, 1.807) is 0 Å². The molecule has 0 bridgehead atoms. The van der Waals surface area contributed by atoms with Gasteiger partial charge in [0.05, 0.1) is 12.6 Å². The van der Waals surface area contributed by atoms with Crippen LogP contribution in [-0.2, 0) is 16.1 Å². The number of hydrogen-bond acceptors (Lipinski definition) is 4. The first-order valence-electron chi connectivity index (χ1n) is 9.28. The maximum Gasteiger partial charge on any atom is 0.354 e. The van der Waals surface area contributed by atoms with Gasteiger partial charge in [0.1, 0.15) is 5.70 Å². The predicted molar refractivity (Wildman–Crippen MR) is 106 cm³/mol. The van der Waals surface area contributed by atoms with Crippen molar-refractivity contribution in [1.82, 2.24) is 4.90 Å². The molecule has 0 radical (unpaired) electrons. The zero-order valence-electron chi connectivity index (χ0n) is 16.2. The van der Waals surface area contributed by atoms with Gasteiger partial charge in [0.15, 0.2) is 0 Å². The van der Waals surface area contributed by atoms with E-state index >= 15 is 0 Å². The van der Waals surface area contributed by atoms with E-state index in [0.717, 1.165) is 17.6 Å². The van der Waals surface area contributed by atoms with Crippen molar-refractivity contribution in [1.29, 1.82) is 0 Å². The molecular formula is C22H30N2O2. The van der Waals surface area contributed by atoms with Gasteiger partial charge in [0.2, 0.25) is 0 Å². The molecule has 2 atom stereocenters. The molecule has 0 spiro atoms. The highest BCUT2D eigenvalue weighted by atomic mass is 16.5. The Bertz CT molecular complexity index is 702. The molecule has 1 aromatic carbocycles. The number of nitrogens with zero attached hydrogens (tertiary/aromatic N) is 1. The van der Waals surface area contributed by atoms with Crippen LogP contribution < -0.4 is 5.73 Å². The number of carbonyl (C=O) groups excluding carboxylic acids is 1. The molecule has 4 heteroatoms. The summed E-state index contributed by atoms with van der Waals surface area (Å²) in [5.74, 6) is -0.270. The lowest BCUT2D eigenvalue weighted by Gasteiger charge is -2.27. The van der Waals surface area contributed by atoms with Crippen molar-refractivity contribution in [2.45, 2.75) is 52.7 Å². The Morgan fingerprint density at radius 2 is 2.04 bits per heavy atom. The normalized spacial score (nSPS) is 20.3. The highest BCUT2D eigenvalue weighted by Crippen LogP contribution is 2.30. The first kappa shape index (κ1) is 20.0. The van der Waals surface area contributed by atoms with Crippen LogP contribution in [0.5, 0.6) is 0 Å². The highest BCUT2D eigenvalue weighted by Gasteiger charge is 2.31. The summed E-state index contributed by atoms with van der Waals surface area (Å²) in [7, 11) is 0. The molecule has 0 aliphatic carbocycles. The molecule has 1 aliphatic rings. The van der Waals surface area contributed by atoms with Gasteiger partial charge in [-0.05, 0) is 51.3 Å². The van der Waals surface area contributed by atoms with Crippen LogP contribution in [0.3, 0.4) is 0 Å². The third-order valence-corrected chi connectivity index (χ3v) is 4.52. The highest BCUT2D eigenvalue weighted by molar-refractivity contribution is 5.89. The fourth-order valence-corrected chi connectivity index (χ4v) is 3.14. The van der Waals surface area contributed by atoms with Crippen LogP contribution in [0, 0.1) is 0 Å². The number of carbonyl (C=O) groups is 1. The molecule has 140 valence electrons. The molecule has 2 rings (SSSR count). The number of ether oxygens (including phenoxy) is 1. The van der Waals surface area contributed by atoms with Crippen LogP contribution in [0.2, 0.25) is 0 Å². The lowest BCUT2D eigenvalue weighted by molar-refractivity contribution is -0.140. The Labute approximate surface area is 157 Å². The summed E-state index contributed by atoms with van der Waals surface area (Å²) in [5, 5.41) is 0. The van der Waals surface area contributed by atoms with Crippen molar-refractivity contribution in [3.63, 3.8) is 0 Å². The lowest BCUT2D eigenvalue weighted by Crippen LogP contribution is -2.31. The second-order valence-electron chi connectivity index (χ2n) is 6.73. The van der Waals surface area contributed by atoms with Gasteiger partial charge in [0.25, 0.3) is 0 Å². The van der Waals surface area contributed by atoms with Crippen molar-refractivity contribution in [2.24, 2.45) is 5.73 Å². The number of benzene rings is 1. The molecule has 0 saturated carbocycles. The zero-order chi connectivity index (χ0) is 19.1. The molecule has 0 fully saturated rings. The predicted octanol–water partition coefficient (Wildman–Crippen LogP) is 3.95. The first-order valence-corrected chi connectivity index (χ1v) is 9.28. The standard InChI is InChI=1S/C22H30N2O2/c1-5-18(12-16(3)23)13-20-14-21(22(25)26-6-2)24(17(20)4)15-19-10-8-7-9-11-19/h5,7-11,13-14,16-17H,6,12,15,23H2,1-4H3/b18-5-,20-13-. The van der Waals surface area contributed by atoms with E-state index in [0.29, 0.717) is 18.8 Å². The van der Waals surface area contributed by atoms with Crippen molar-refractivity contribution in [3.05, 3.63) is 71.0 Å². The number of hydrogen-bond donors (Lipinski definition) is 1. The molecule has 0 aromatic heterocycles. The first-order chi connectivity index (χ1) is 12.5. The van der Waals surface area contributed by atoms with Crippen LogP contribution in [-0.4, -0.2) is 29.6 Å². The number of nitrogens with two attached hydrogens (primary N) is 1. The summed E-state index contributed by atoms with van der Waals surface area (Å²) in [6, 6.07) is 10.4. The summed E-state index contributed by atoms with van der Waals surface area (Å²) < 4.78 is 5.28. The summed E-state index contributed by atoms with van der Waals surface area (Å²) in [6.45, 7) is 9.01. The fraction of sp³-hybridized carbons (Fsp3) is 0.409. The van der Waals surface area contributed by atoms with Gasteiger partial charge in [-0.1, -0.05) is 48.1 Å². The van der Waals surface area contributed by atoms with Gasteiger partial charge in [-0.2, -0.15) is 0 Å². The number of allylic oxidation sites excluding steroid dienone is 2. The quantitative estimate of drug-likeness (QED) is 0.753. The van der Waals surface area contributed by atoms with Crippen molar-refractivity contribution in [2.75, 3.05) is 6.61 Å². The van der Waals surface area contributed by atoms with Crippen molar-refractivity contribution < 1.29 is 9.53 Å². The van der Waals surface area contributed by atoms with Gasteiger partial charge in [-0.25, -0.2) is 4.79 Å². The largest absolute Gasteiger partial charge is 0.461 e. The minimum absolute atomic E-state index is 0.0950. The van der Waals surface area contributed by atoms with E-state index in [-0.39, 0.29) is 18.1 Å². The molecule has 26 heavy (non-hydrogen) atoms. The molecule has 0 saturated heterocycles. The number of esters is 1. The topological polar surface area (TPSA) is 55.6 Å². The Balaban J connectivity index is 2.32. The van der Waals surface area contributed by atoms with E-state index in [9.17, 15) is 4.79 Å². The monoisotopic (exact) mass is 354 g/mol. The zero-order valence-corrected chi connectivity index (χ0v) is 16.2. The lowest BCUT2D eigenvalue weighted by atomic mass is 10.0. The minimum Gasteiger partial charge on any atom is -0.461 e. The molecule has 1 heterocycles. The van der Waals surface area contributed by atoms with Crippen LogP contribution in [0.15, 0.2) is 65.4 Å². The Hall–Kier alpha value is -2.33. The average Bonchev–Trinajstić information content (AvgIpc) is 2.91. The van der Waals surface area contributed by atoms with Crippen molar-refractivity contribution in [3.8, 4) is 0 Å². The summed E-state index contributed by atoms with van der Waals surface area (Å²) >= 11 is 0. The molecule has 2 unspecified atom stereocenters. The fourth-order valence-electron chi connectivity index (χ4n) is 3.14. The molecule has 1 aliphatic heterocycles. The van der Waals surface area contributed by atoms with Crippen LogP contribution in [0.4, 0.5) is 0 Å². The van der Waals surface area contributed by atoms with Gasteiger partial charge in [-0.15, -0.1) is 0 Å². The Kier molecular flexibility index (Phi) is 7.22. The van der Waals surface area contributed by atoms with E-state index in [1.807, 2.05) is 45.0 Å². The Morgan fingerprint density at radius 3 is 2.62 bits per heavy atom. The van der Waals surface area contributed by atoms with Gasteiger partial charge < -0.3 is 15.4 Å². The SMILES string of the molecule is C/C=C(\C=C1\C=C(C(=O)OCC)N(Cc2ccccc2)C1C)CC(C)N. The molecule has 1 aromatic rings. The average molecular weight is 354 g/mol. The molecule has 4 nitrogen and oxygen atoms in total. The van der Waals surface area contributed by atoms with Crippen LogP contribution in [0.1, 0.15) is 39.7 Å². The number of rotatable bonds is 7. The summed E-state index contributed by atoms with van der Waals surface area (Å²) in [6.07, 6.45) is 7.00. The molecule has 0 amide bonds. The smallest absolute Gasteiger partial charge is 0.354 e. The van der Waals surface area contributed by atoms with Crippen LogP contribution in [0.25, 0.3) is 0 Å². The van der Waals surface area contributed by atoms with Gasteiger partial charge >= 0.3 is 5.97 Å². The van der Waals surface area contributed by atoms with E-state index in [4.69, 9.17) is 10.5 Å². The molecular weight excluding hydrogens is 324 g/mol. The maximum atomic E-state index is 12.5. The minimum atomic E-state index is -0.270. The third-order valence-electron chi connectivity index (χ3n) is 4.52. The third kappa shape index (κ3) is 5.09. The molecule has 2 N–H and O–H groups in total. The van der Waals surface area contributed by atoms with E-state index in [2.05, 4.69) is 36.1 Å². The second-order valence-corrected chi connectivity index (χ2v) is 6.73.